The van der Waals surface area contributed by atoms with Crippen LogP contribution in [0.3, 0.4) is 0 Å². The number of carbonyl (C=O) groups is 1. The third kappa shape index (κ3) is 2.28. The predicted molar refractivity (Wildman–Crippen MR) is 67.8 cm³/mol. The van der Waals surface area contributed by atoms with Gasteiger partial charge in [0, 0.05) is 7.11 Å². The Balaban J connectivity index is 2.13. The number of hydrogen-bond donors (Lipinski definition) is 0. The SMILES string of the molecule is CO[C@@H]1O[C@@](C)(C=O)CCC12SCCCS2. The molecule has 0 aromatic carbocycles. The van der Waals surface area contributed by atoms with E-state index in [4.69, 9.17) is 9.47 Å². The zero-order valence-corrected chi connectivity index (χ0v) is 11.4. The van der Waals surface area contributed by atoms with Crippen LogP contribution >= 0.6 is 23.5 Å². The number of aldehydes is 1. The van der Waals surface area contributed by atoms with Crippen LogP contribution in [0.15, 0.2) is 0 Å². The zero-order chi connectivity index (χ0) is 11.6. The van der Waals surface area contributed by atoms with E-state index in [1.54, 1.807) is 7.11 Å². The van der Waals surface area contributed by atoms with Crippen LogP contribution in [0.25, 0.3) is 0 Å². The quantitative estimate of drug-likeness (QED) is 0.714. The van der Waals surface area contributed by atoms with Crippen molar-refractivity contribution >= 4 is 29.8 Å². The molecule has 5 heteroatoms. The van der Waals surface area contributed by atoms with Gasteiger partial charge in [0.15, 0.2) is 12.6 Å². The lowest BCUT2D eigenvalue weighted by Crippen LogP contribution is -2.53. The van der Waals surface area contributed by atoms with Crippen molar-refractivity contribution in [2.75, 3.05) is 18.6 Å². The van der Waals surface area contributed by atoms with Crippen LogP contribution in [-0.4, -0.2) is 40.9 Å². The molecule has 2 fully saturated rings. The number of rotatable bonds is 2. The Morgan fingerprint density at radius 1 is 1.38 bits per heavy atom. The molecule has 0 aliphatic carbocycles. The molecule has 3 nitrogen and oxygen atoms in total. The van der Waals surface area contributed by atoms with E-state index >= 15 is 0 Å². The maximum atomic E-state index is 11.0. The number of methoxy groups -OCH3 is 1. The van der Waals surface area contributed by atoms with Crippen molar-refractivity contribution in [2.24, 2.45) is 0 Å². The van der Waals surface area contributed by atoms with Gasteiger partial charge >= 0.3 is 0 Å². The van der Waals surface area contributed by atoms with Crippen LogP contribution in [0, 0.1) is 0 Å². The van der Waals surface area contributed by atoms with Crippen LogP contribution in [-0.2, 0) is 14.3 Å². The van der Waals surface area contributed by atoms with Crippen molar-refractivity contribution in [2.45, 2.75) is 42.2 Å². The summed E-state index contributed by atoms with van der Waals surface area (Å²) in [5.74, 6) is 2.32. The molecule has 2 saturated heterocycles. The predicted octanol–water partition coefficient (Wildman–Crippen LogP) is 2.29. The van der Waals surface area contributed by atoms with Crippen LogP contribution < -0.4 is 0 Å². The lowest BCUT2D eigenvalue weighted by Gasteiger charge is -2.48. The molecule has 0 amide bonds. The van der Waals surface area contributed by atoms with Crippen molar-refractivity contribution in [1.29, 1.82) is 0 Å². The second-order valence-electron chi connectivity index (χ2n) is 4.48. The highest BCUT2D eigenvalue weighted by Crippen LogP contribution is 2.53. The lowest BCUT2D eigenvalue weighted by atomic mass is 9.96. The molecular formula is C11H18O3S2. The number of ether oxygens (including phenoxy) is 2. The fourth-order valence-corrected chi connectivity index (χ4v) is 5.46. The number of carbonyl (C=O) groups excluding carboxylic acids is 1. The summed E-state index contributed by atoms with van der Waals surface area (Å²) in [7, 11) is 1.67. The summed E-state index contributed by atoms with van der Waals surface area (Å²) in [6.45, 7) is 1.84. The van der Waals surface area contributed by atoms with Gasteiger partial charge in [-0.05, 0) is 37.7 Å². The molecule has 16 heavy (non-hydrogen) atoms. The standard InChI is InChI=1S/C11H18O3S2/c1-10(8-12)4-5-11(9(13-2)14-10)15-6-3-7-16-11/h8-9H,3-7H2,1-2H3/t9-,10-/m1/s1. The fourth-order valence-electron chi connectivity index (χ4n) is 2.12. The minimum absolute atomic E-state index is 0.00944. The number of thioether (sulfide) groups is 2. The van der Waals surface area contributed by atoms with Gasteiger partial charge in [-0.3, -0.25) is 0 Å². The molecule has 2 rings (SSSR count). The zero-order valence-electron chi connectivity index (χ0n) is 9.73. The summed E-state index contributed by atoms with van der Waals surface area (Å²) in [5, 5.41) is 0. The van der Waals surface area contributed by atoms with Gasteiger partial charge in [-0.2, -0.15) is 0 Å². The smallest absolute Gasteiger partial charge is 0.182 e. The molecule has 0 N–H and O–H groups in total. The molecule has 0 unspecified atom stereocenters. The minimum Gasteiger partial charge on any atom is -0.354 e. The first-order valence-corrected chi connectivity index (χ1v) is 7.56. The molecule has 1 spiro atoms. The Morgan fingerprint density at radius 2 is 2.06 bits per heavy atom. The molecule has 0 radical (unpaired) electrons. The van der Waals surface area contributed by atoms with Gasteiger partial charge in [0.2, 0.25) is 0 Å². The highest BCUT2D eigenvalue weighted by Gasteiger charge is 2.50. The largest absolute Gasteiger partial charge is 0.354 e. The summed E-state index contributed by atoms with van der Waals surface area (Å²) >= 11 is 3.85. The third-order valence-electron chi connectivity index (χ3n) is 3.15. The number of hydrogen-bond acceptors (Lipinski definition) is 5. The van der Waals surface area contributed by atoms with Crippen LogP contribution in [0.5, 0.6) is 0 Å². The molecule has 0 bridgehead atoms. The first-order chi connectivity index (χ1) is 7.64. The van der Waals surface area contributed by atoms with Gasteiger partial charge in [-0.15, -0.1) is 23.5 Å². The van der Waals surface area contributed by atoms with Crippen molar-refractivity contribution < 1.29 is 14.3 Å². The van der Waals surface area contributed by atoms with Gasteiger partial charge < -0.3 is 14.3 Å². The maximum absolute atomic E-state index is 11.0. The van der Waals surface area contributed by atoms with E-state index in [-0.39, 0.29) is 10.4 Å². The molecule has 2 atom stereocenters. The Labute approximate surface area is 105 Å². The molecule has 2 aliphatic heterocycles. The van der Waals surface area contributed by atoms with Gasteiger partial charge in [0.1, 0.15) is 9.68 Å². The highest BCUT2D eigenvalue weighted by molar-refractivity contribution is 8.18. The summed E-state index contributed by atoms with van der Waals surface area (Å²) in [4.78, 5) is 11.0. The van der Waals surface area contributed by atoms with Gasteiger partial charge in [-0.1, -0.05) is 0 Å². The first-order valence-electron chi connectivity index (χ1n) is 5.59. The summed E-state index contributed by atoms with van der Waals surface area (Å²) in [6.07, 6.45) is 3.65. The Hall–Kier alpha value is 0.290. The highest BCUT2D eigenvalue weighted by atomic mass is 32.2. The average molecular weight is 262 g/mol. The maximum Gasteiger partial charge on any atom is 0.182 e. The van der Waals surface area contributed by atoms with Crippen LogP contribution in [0.2, 0.25) is 0 Å². The summed E-state index contributed by atoms with van der Waals surface area (Å²) < 4.78 is 11.3. The van der Waals surface area contributed by atoms with Crippen molar-refractivity contribution in [3.05, 3.63) is 0 Å². The van der Waals surface area contributed by atoms with Gasteiger partial charge in [0.05, 0.1) is 0 Å². The first kappa shape index (κ1) is 12.7. The van der Waals surface area contributed by atoms with E-state index in [1.165, 1.54) is 6.42 Å². The topological polar surface area (TPSA) is 35.5 Å². The Bertz CT molecular complexity index is 266. The Kier molecular flexibility index (Phi) is 3.89. The lowest BCUT2D eigenvalue weighted by molar-refractivity contribution is -0.213. The monoisotopic (exact) mass is 262 g/mol. The second-order valence-corrected chi connectivity index (χ2v) is 7.59. The van der Waals surface area contributed by atoms with E-state index in [0.717, 1.165) is 30.6 Å². The normalized spacial score (nSPS) is 38.5. The molecule has 92 valence electrons. The Morgan fingerprint density at radius 3 is 2.62 bits per heavy atom. The molecule has 2 heterocycles. The van der Waals surface area contributed by atoms with Crippen molar-refractivity contribution in [1.82, 2.24) is 0 Å². The molecule has 0 aromatic rings. The van der Waals surface area contributed by atoms with Crippen LogP contribution in [0.1, 0.15) is 26.2 Å². The third-order valence-corrected chi connectivity index (χ3v) is 6.61. The summed E-state index contributed by atoms with van der Waals surface area (Å²) in [6, 6.07) is 0. The van der Waals surface area contributed by atoms with Crippen molar-refractivity contribution in [3.63, 3.8) is 0 Å². The van der Waals surface area contributed by atoms with Gasteiger partial charge in [-0.25, -0.2) is 0 Å². The van der Waals surface area contributed by atoms with E-state index in [0.29, 0.717) is 0 Å². The summed E-state index contributed by atoms with van der Waals surface area (Å²) in [5.41, 5.74) is -0.662. The second kappa shape index (κ2) is 4.88. The molecular weight excluding hydrogens is 244 g/mol. The van der Waals surface area contributed by atoms with E-state index in [2.05, 4.69) is 0 Å². The van der Waals surface area contributed by atoms with E-state index in [9.17, 15) is 4.79 Å². The van der Waals surface area contributed by atoms with E-state index < -0.39 is 5.60 Å². The average Bonchev–Trinajstić information content (AvgIpc) is 2.34. The van der Waals surface area contributed by atoms with E-state index in [1.807, 2.05) is 30.4 Å². The molecule has 2 aliphatic rings. The molecule has 0 aromatic heterocycles. The molecule has 0 saturated carbocycles. The minimum atomic E-state index is -0.662. The van der Waals surface area contributed by atoms with Crippen molar-refractivity contribution in [3.8, 4) is 0 Å². The van der Waals surface area contributed by atoms with Gasteiger partial charge in [0.25, 0.3) is 0 Å². The fraction of sp³-hybridized carbons (Fsp3) is 0.909. The van der Waals surface area contributed by atoms with Crippen LogP contribution in [0.4, 0.5) is 0 Å².